The number of ether oxygens (including phenoxy) is 1. The third kappa shape index (κ3) is 3.76. The van der Waals surface area contributed by atoms with Crippen LogP contribution in [-0.4, -0.2) is 47.6 Å². The van der Waals surface area contributed by atoms with E-state index in [4.69, 9.17) is 10.5 Å². The largest absolute Gasteiger partial charge is 0.372 e. The van der Waals surface area contributed by atoms with E-state index in [2.05, 4.69) is 5.32 Å². The van der Waals surface area contributed by atoms with Gasteiger partial charge in [0.05, 0.1) is 17.7 Å². The van der Waals surface area contributed by atoms with Gasteiger partial charge in [0.2, 0.25) is 5.91 Å². The molecule has 1 aliphatic heterocycles. The molecular weight excluding hydrogens is 306 g/mol. The lowest BCUT2D eigenvalue weighted by Crippen LogP contribution is -2.48. The molecule has 1 aliphatic carbocycles. The van der Waals surface area contributed by atoms with Crippen LogP contribution in [0.2, 0.25) is 0 Å². The highest BCUT2D eigenvalue weighted by molar-refractivity contribution is 5.94. The summed E-state index contributed by atoms with van der Waals surface area (Å²) in [5, 5.41) is 2.85. The van der Waals surface area contributed by atoms with Gasteiger partial charge in [-0.25, -0.2) is 0 Å². The Morgan fingerprint density at radius 1 is 1.21 bits per heavy atom. The average Bonchev–Trinajstić information content (AvgIpc) is 3.30. The van der Waals surface area contributed by atoms with Gasteiger partial charge >= 0.3 is 0 Å². The van der Waals surface area contributed by atoms with E-state index in [1.165, 1.54) is 0 Å². The lowest BCUT2D eigenvalue weighted by molar-refractivity contribution is -0.123. The molecule has 2 fully saturated rings. The monoisotopic (exact) mass is 331 g/mol. The summed E-state index contributed by atoms with van der Waals surface area (Å²) in [4.78, 5) is 26.3. The first-order valence-corrected chi connectivity index (χ1v) is 8.48. The molecule has 3 rings (SSSR count). The van der Waals surface area contributed by atoms with Crippen LogP contribution in [-0.2, 0) is 16.1 Å². The molecule has 6 heteroatoms. The highest BCUT2D eigenvalue weighted by atomic mass is 16.5. The fraction of sp³-hybridized carbons (Fsp3) is 0.556. The fourth-order valence-electron chi connectivity index (χ4n) is 3.01. The summed E-state index contributed by atoms with van der Waals surface area (Å²) in [7, 11) is 0. The van der Waals surface area contributed by atoms with Crippen LogP contribution < -0.4 is 11.1 Å². The third-order valence-electron chi connectivity index (χ3n) is 4.60. The molecule has 2 aliphatic rings. The van der Waals surface area contributed by atoms with E-state index >= 15 is 0 Å². The van der Waals surface area contributed by atoms with E-state index in [9.17, 15) is 9.59 Å². The Kier molecular flexibility index (Phi) is 4.60. The number of hydrogen-bond donors (Lipinski definition) is 2. The molecule has 1 heterocycles. The molecule has 1 saturated heterocycles. The van der Waals surface area contributed by atoms with Crippen molar-refractivity contribution in [3.8, 4) is 0 Å². The third-order valence-corrected chi connectivity index (χ3v) is 4.60. The van der Waals surface area contributed by atoms with E-state index < -0.39 is 5.54 Å². The summed E-state index contributed by atoms with van der Waals surface area (Å²) in [5.41, 5.74) is 6.81. The molecule has 1 aromatic carbocycles. The first kappa shape index (κ1) is 16.9. The van der Waals surface area contributed by atoms with Crippen molar-refractivity contribution >= 4 is 11.8 Å². The summed E-state index contributed by atoms with van der Waals surface area (Å²) < 4.78 is 5.66. The first-order chi connectivity index (χ1) is 11.4. The van der Waals surface area contributed by atoms with Crippen LogP contribution in [0.3, 0.4) is 0 Å². The number of nitrogens with two attached hydrogens (primary N) is 1. The van der Waals surface area contributed by atoms with Crippen LogP contribution in [0.15, 0.2) is 24.3 Å². The maximum absolute atomic E-state index is 12.6. The van der Waals surface area contributed by atoms with Crippen molar-refractivity contribution in [3.63, 3.8) is 0 Å². The first-order valence-electron chi connectivity index (χ1n) is 8.48. The van der Waals surface area contributed by atoms with Crippen LogP contribution >= 0.6 is 0 Å². The Labute approximate surface area is 142 Å². The van der Waals surface area contributed by atoms with Crippen molar-refractivity contribution < 1.29 is 14.3 Å². The van der Waals surface area contributed by atoms with Crippen LogP contribution in [0, 0.1) is 0 Å². The second-order valence-electron chi connectivity index (χ2n) is 7.00. The fourth-order valence-corrected chi connectivity index (χ4v) is 3.01. The minimum Gasteiger partial charge on any atom is -0.372 e. The Hall–Kier alpha value is -1.92. The molecule has 0 spiro atoms. The topological polar surface area (TPSA) is 84.7 Å². The number of hydrogen-bond acceptors (Lipinski definition) is 4. The van der Waals surface area contributed by atoms with Gasteiger partial charge in [-0.15, -0.1) is 0 Å². The quantitative estimate of drug-likeness (QED) is 0.863. The molecule has 1 saturated carbocycles. The maximum atomic E-state index is 12.6. The minimum absolute atomic E-state index is 0.0199. The molecule has 2 unspecified atom stereocenters. The van der Waals surface area contributed by atoms with E-state index in [0.717, 1.165) is 18.4 Å². The highest BCUT2D eigenvalue weighted by Gasteiger charge is 2.45. The summed E-state index contributed by atoms with van der Waals surface area (Å²) in [6, 6.07) is 7.36. The van der Waals surface area contributed by atoms with E-state index in [0.29, 0.717) is 25.2 Å². The Morgan fingerprint density at radius 2 is 1.79 bits per heavy atom. The summed E-state index contributed by atoms with van der Waals surface area (Å²) in [6.45, 7) is 5.61. The van der Waals surface area contributed by atoms with E-state index in [-0.39, 0.29) is 24.0 Å². The molecule has 6 nitrogen and oxygen atoms in total. The molecule has 0 aromatic heterocycles. The van der Waals surface area contributed by atoms with Crippen molar-refractivity contribution in [3.05, 3.63) is 35.4 Å². The van der Waals surface area contributed by atoms with Gasteiger partial charge in [0.15, 0.2) is 0 Å². The van der Waals surface area contributed by atoms with Crippen LogP contribution in [0.4, 0.5) is 0 Å². The zero-order valence-electron chi connectivity index (χ0n) is 14.2. The number of amides is 2. The van der Waals surface area contributed by atoms with Gasteiger partial charge in [-0.2, -0.15) is 0 Å². The zero-order chi connectivity index (χ0) is 17.3. The Morgan fingerprint density at radius 3 is 2.33 bits per heavy atom. The number of benzene rings is 1. The van der Waals surface area contributed by atoms with E-state index in [1.54, 1.807) is 0 Å². The minimum atomic E-state index is -0.653. The lowest BCUT2D eigenvalue weighted by Gasteiger charge is -2.35. The number of morpholine rings is 1. The maximum Gasteiger partial charge on any atom is 0.254 e. The van der Waals surface area contributed by atoms with Crippen LogP contribution in [0.1, 0.15) is 42.6 Å². The molecule has 2 amide bonds. The van der Waals surface area contributed by atoms with Gasteiger partial charge in [0.25, 0.3) is 5.91 Å². The summed E-state index contributed by atoms with van der Waals surface area (Å²) >= 11 is 0. The second kappa shape index (κ2) is 6.53. The molecule has 24 heavy (non-hydrogen) atoms. The molecule has 2 atom stereocenters. The van der Waals surface area contributed by atoms with Gasteiger partial charge in [-0.05, 0) is 44.4 Å². The van der Waals surface area contributed by atoms with Gasteiger partial charge in [-0.1, -0.05) is 12.1 Å². The number of carbonyl (C=O) groups is 2. The van der Waals surface area contributed by atoms with Gasteiger partial charge < -0.3 is 20.7 Å². The number of nitrogens with zero attached hydrogens (tertiary/aromatic N) is 1. The van der Waals surface area contributed by atoms with Gasteiger partial charge in [-0.3, -0.25) is 9.59 Å². The van der Waals surface area contributed by atoms with Crippen molar-refractivity contribution in [2.75, 3.05) is 13.1 Å². The lowest BCUT2D eigenvalue weighted by atomic mass is 10.1. The number of carbonyl (C=O) groups excluding carboxylic acids is 2. The van der Waals surface area contributed by atoms with Crippen molar-refractivity contribution in [2.45, 2.75) is 51.0 Å². The van der Waals surface area contributed by atoms with Crippen LogP contribution in [0.5, 0.6) is 0 Å². The SMILES string of the molecule is CC1CN(C(=O)c2ccc(CNC(=O)C3(N)CC3)cc2)CC(C)O1. The smallest absolute Gasteiger partial charge is 0.254 e. The van der Waals surface area contributed by atoms with Crippen molar-refractivity contribution in [1.29, 1.82) is 0 Å². The Balaban J connectivity index is 1.57. The molecule has 1 aromatic rings. The predicted octanol–water partition coefficient (Wildman–Crippen LogP) is 1.04. The van der Waals surface area contributed by atoms with Gasteiger partial charge in [0, 0.05) is 25.2 Å². The zero-order valence-corrected chi connectivity index (χ0v) is 14.2. The highest BCUT2D eigenvalue weighted by Crippen LogP contribution is 2.32. The average molecular weight is 331 g/mol. The standard InChI is InChI=1S/C18H25N3O3/c1-12-10-21(11-13(2)24-12)16(22)15-5-3-14(4-6-15)9-20-17(23)18(19)7-8-18/h3-6,12-13H,7-11,19H2,1-2H3,(H,20,23). The number of nitrogens with one attached hydrogen (secondary N) is 1. The summed E-state index contributed by atoms with van der Waals surface area (Å²) in [6.07, 6.45) is 1.61. The van der Waals surface area contributed by atoms with Crippen molar-refractivity contribution in [1.82, 2.24) is 10.2 Å². The summed E-state index contributed by atoms with van der Waals surface area (Å²) in [5.74, 6) is -0.0783. The molecule has 130 valence electrons. The van der Waals surface area contributed by atoms with Gasteiger partial charge in [0.1, 0.15) is 0 Å². The van der Waals surface area contributed by atoms with Crippen molar-refractivity contribution in [2.24, 2.45) is 5.73 Å². The Bertz CT molecular complexity index is 615. The molecule has 0 radical (unpaired) electrons. The van der Waals surface area contributed by atoms with E-state index in [1.807, 2.05) is 43.0 Å². The van der Waals surface area contributed by atoms with Crippen LogP contribution in [0.25, 0.3) is 0 Å². The normalized spacial score (nSPS) is 25.2. The predicted molar refractivity (Wildman–Crippen MR) is 90.4 cm³/mol. The molecular formula is C18H25N3O3. The molecule has 0 bridgehead atoms. The number of rotatable bonds is 4. The molecule has 3 N–H and O–H groups in total. The second-order valence-corrected chi connectivity index (χ2v) is 7.00.